The van der Waals surface area contributed by atoms with E-state index >= 15 is 0 Å². The van der Waals surface area contributed by atoms with E-state index in [-0.39, 0.29) is 29.6 Å². The smallest absolute Gasteiger partial charge is 0.242 e. The summed E-state index contributed by atoms with van der Waals surface area (Å²) in [6, 6.07) is 16.5. The van der Waals surface area contributed by atoms with E-state index in [4.69, 9.17) is 4.52 Å². The maximum absolute atomic E-state index is 13.0. The molecule has 8 heteroatoms. The van der Waals surface area contributed by atoms with Crippen LogP contribution in [0.25, 0.3) is 0 Å². The Bertz CT molecular complexity index is 1170. The zero-order valence-electron chi connectivity index (χ0n) is 25.5. The van der Waals surface area contributed by atoms with Crippen LogP contribution in [0.5, 0.6) is 0 Å². The number of rotatable bonds is 14. The molecule has 2 atom stereocenters. The first-order valence-electron chi connectivity index (χ1n) is 14.9. The Labute approximate surface area is 244 Å². The zero-order valence-corrected chi connectivity index (χ0v) is 25.5. The van der Waals surface area contributed by atoms with Gasteiger partial charge in [-0.1, -0.05) is 102 Å². The average molecular weight is 567 g/mol. The normalized spacial score (nSPS) is 12.6. The predicted molar refractivity (Wildman–Crippen MR) is 161 cm³/mol. The molecule has 2 unspecified atom stereocenters. The number of hydrogen-bond acceptors (Lipinski definition) is 5. The molecule has 0 aliphatic rings. The van der Waals surface area contributed by atoms with Gasteiger partial charge in [0.15, 0.2) is 5.82 Å². The van der Waals surface area contributed by atoms with Gasteiger partial charge in [-0.05, 0) is 48.9 Å². The van der Waals surface area contributed by atoms with Crippen molar-refractivity contribution in [2.75, 3.05) is 7.05 Å². The van der Waals surface area contributed by atoms with E-state index in [1.165, 1.54) is 17.7 Å². The summed E-state index contributed by atoms with van der Waals surface area (Å²) in [6.07, 6.45) is 6.36. The Morgan fingerprint density at radius 1 is 0.951 bits per heavy atom. The first-order chi connectivity index (χ1) is 19.7. The van der Waals surface area contributed by atoms with Crippen molar-refractivity contribution >= 4 is 11.8 Å². The molecule has 0 fully saturated rings. The van der Waals surface area contributed by atoms with Crippen molar-refractivity contribution in [2.24, 2.45) is 5.92 Å². The monoisotopic (exact) mass is 566 g/mol. The third-order valence-electron chi connectivity index (χ3n) is 7.32. The highest BCUT2D eigenvalue weighted by Crippen LogP contribution is 2.34. The molecule has 1 heterocycles. The van der Waals surface area contributed by atoms with Crippen LogP contribution in [0.4, 0.5) is 4.39 Å². The number of carbonyl (C=O) groups is 2. The van der Waals surface area contributed by atoms with Gasteiger partial charge in [0.05, 0.1) is 6.04 Å². The van der Waals surface area contributed by atoms with Gasteiger partial charge < -0.3 is 15.2 Å². The van der Waals surface area contributed by atoms with Crippen molar-refractivity contribution in [3.63, 3.8) is 0 Å². The molecule has 2 amide bonds. The fourth-order valence-corrected chi connectivity index (χ4v) is 4.86. The van der Waals surface area contributed by atoms with Crippen molar-refractivity contribution < 1.29 is 18.5 Å². The van der Waals surface area contributed by atoms with Gasteiger partial charge in [0.25, 0.3) is 0 Å². The third kappa shape index (κ3) is 9.80. The molecular weight excluding hydrogens is 519 g/mol. The molecule has 0 aliphatic heterocycles. The Morgan fingerprint density at radius 3 is 2.12 bits per heavy atom. The van der Waals surface area contributed by atoms with Crippen molar-refractivity contribution in [2.45, 2.75) is 97.4 Å². The molecule has 7 nitrogen and oxygen atoms in total. The van der Waals surface area contributed by atoms with Crippen LogP contribution in [0.2, 0.25) is 0 Å². The average Bonchev–Trinajstić information content (AvgIpc) is 3.46. The largest absolute Gasteiger partial charge is 0.358 e. The summed E-state index contributed by atoms with van der Waals surface area (Å²) < 4.78 is 18.4. The van der Waals surface area contributed by atoms with Gasteiger partial charge in [-0.3, -0.25) is 9.59 Å². The second-order valence-corrected chi connectivity index (χ2v) is 10.6. The second-order valence-electron chi connectivity index (χ2n) is 10.6. The van der Waals surface area contributed by atoms with Gasteiger partial charge in [-0.2, -0.15) is 4.98 Å². The van der Waals surface area contributed by atoms with Crippen LogP contribution < -0.4 is 10.6 Å². The highest BCUT2D eigenvalue weighted by Gasteiger charge is 2.43. The summed E-state index contributed by atoms with van der Waals surface area (Å²) in [5.74, 6) is 0.743. The highest BCUT2D eigenvalue weighted by molar-refractivity contribution is 5.86. The number of hydrogen-bond donors (Lipinski definition) is 2. The summed E-state index contributed by atoms with van der Waals surface area (Å²) in [6.45, 7) is 10.2. The summed E-state index contributed by atoms with van der Waals surface area (Å²) in [7, 11) is 1.62. The number of nitrogens with one attached hydrogen (secondary N) is 2. The minimum atomic E-state index is -0.785. The first kappa shape index (κ1) is 33.7. The molecule has 2 N–H and O–H groups in total. The molecular formula is C33H47FN4O3. The molecule has 0 saturated heterocycles. The Morgan fingerprint density at radius 2 is 1.59 bits per heavy atom. The molecule has 224 valence electrons. The number of halogens is 1. The maximum Gasteiger partial charge on any atom is 0.242 e. The predicted octanol–water partition coefficient (Wildman–Crippen LogP) is 7.07. The molecule has 3 rings (SSSR count). The molecule has 3 aromatic rings. The van der Waals surface area contributed by atoms with Gasteiger partial charge in [-0.25, -0.2) is 4.39 Å². The maximum atomic E-state index is 13.0. The zero-order chi connectivity index (χ0) is 30.3. The van der Waals surface area contributed by atoms with Crippen molar-refractivity contribution in [3.8, 4) is 0 Å². The molecule has 0 spiro atoms. The lowest BCUT2D eigenvalue weighted by atomic mass is 9.78. The van der Waals surface area contributed by atoms with E-state index in [1.54, 1.807) is 19.2 Å². The summed E-state index contributed by atoms with van der Waals surface area (Å²) in [5, 5.41) is 9.90. The number of carbonyl (C=O) groups excluding carboxylic acids is 2. The minimum Gasteiger partial charge on any atom is -0.358 e. The van der Waals surface area contributed by atoms with E-state index in [1.807, 2.05) is 45.9 Å². The van der Waals surface area contributed by atoms with E-state index in [2.05, 4.69) is 39.8 Å². The third-order valence-corrected chi connectivity index (χ3v) is 7.32. The molecule has 0 aliphatic carbocycles. The lowest BCUT2D eigenvalue weighted by molar-refractivity contribution is -0.128. The van der Waals surface area contributed by atoms with Crippen molar-refractivity contribution in [1.29, 1.82) is 0 Å². The Hall–Kier alpha value is -3.55. The lowest BCUT2D eigenvalue weighted by Gasteiger charge is -2.27. The van der Waals surface area contributed by atoms with Crippen LogP contribution in [-0.4, -0.2) is 29.0 Å². The van der Waals surface area contributed by atoms with Crippen LogP contribution in [-0.2, 0) is 21.4 Å². The van der Waals surface area contributed by atoms with Crippen LogP contribution in [0.1, 0.15) is 108 Å². The van der Waals surface area contributed by atoms with E-state index in [0.717, 1.165) is 37.7 Å². The van der Waals surface area contributed by atoms with E-state index < -0.39 is 5.41 Å². The standard InChI is InChI=1S/C18H24FN3O2.C15H23NO/c1-4-10-18(11-5-2,16(23)20-3)17-21-15(22-24-17)12-13-6-8-14(19)9-7-13;1-4-9-14(13-10-7-6-8-11-13)16-15(17)12(3)5-2/h6-9H,4-5,10-12H2,1-3H3,(H,20,23);6-8,10-12,14H,4-5,9H2,1-3H3,(H,16,17). The molecule has 41 heavy (non-hydrogen) atoms. The van der Waals surface area contributed by atoms with E-state index in [9.17, 15) is 14.0 Å². The summed E-state index contributed by atoms with van der Waals surface area (Å²) >= 11 is 0. The molecule has 0 radical (unpaired) electrons. The number of likely N-dealkylation sites (N-methyl/N-ethyl adjacent to an activating group) is 1. The number of benzene rings is 2. The van der Waals surface area contributed by atoms with Gasteiger partial charge >= 0.3 is 0 Å². The topological polar surface area (TPSA) is 97.1 Å². The Kier molecular flexibility index (Phi) is 14.2. The minimum absolute atomic E-state index is 0.0943. The van der Waals surface area contributed by atoms with E-state index in [0.29, 0.717) is 31.0 Å². The van der Waals surface area contributed by atoms with Crippen LogP contribution in [0.15, 0.2) is 59.1 Å². The fraction of sp³-hybridized carbons (Fsp3) is 0.515. The molecule has 1 aromatic heterocycles. The Balaban J connectivity index is 0.000000305. The summed E-state index contributed by atoms with van der Waals surface area (Å²) in [5.41, 5.74) is 1.30. The number of aromatic nitrogens is 2. The summed E-state index contributed by atoms with van der Waals surface area (Å²) in [4.78, 5) is 28.9. The van der Waals surface area contributed by atoms with Crippen LogP contribution >= 0.6 is 0 Å². The first-order valence-corrected chi connectivity index (χ1v) is 14.9. The van der Waals surface area contributed by atoms with Gasteiger partial charge in [-0.15, -0.1) is 0 Å². The molecule has 0 bridgehead atoms. The SMILES string of the molecule is CCCC(CCC)(C(=O)NC)c1nc(Cc2ccc(F)cc2)no1.CCCC(NC(=O)C(C)CC)c1ccccc1. The van der Waals surface area contributed by atoms with Crippen LogP contribution in [0.3, 0.4) is 0 Å². The van der Waals surface area contributed by atoms with Crippen molar-refractivity contribution in [1.82, 2.24) is 20.8 Å². The van der Waals surface area contributed by atoms with Crippen LogP contribution in [0, 0.1) is 11.7 Å². The van der Waals surface area contributed by atoms with Gasteiger partial charge in [0, 0.05) is 19.4 Å². The quantitative estimate of drug-likeness (QED) is 0.217. The lowest BCUT2D eigenvalue weighted by Crippen LogP contribution is -2.43. The fourth-order valence-electron chi connectivity index (χ4n) is 4.86. The molecule has 0 saturated carbocycles. The number of nitrogens with zero attached hydrogens (tertiary/aromatic N) is 2. The second kappa shape index (κ2) is 17.3. The van der Waals surface area contributed by atoms with Crippen molar-refractivity contribution in [3.05, 3.63) is 83.3 Å². The van der Waals surface area contributed by atoms with Gasteiger partial charge in [0.2, 0.25) is 17.7 Å². The van der Waals surface area contributed by atoms with Gasteiger partial charge in [0.1, 0.15) is 11.2 Å². The number of amides is 2. The molecule has 2 aromatic carbocycles. The highest BCUT2D eigenvalue weighted by atomic mass is 19.1.